The first-order chi connectivity index (χ1) is 7.50. The maximum Gasteiger partial charge on any atom is 0.336 e. The lowest BCUT2D eigenvalue weighted by molar-refractivity contribution is -0.384. The van der Waals surface area contributed by atoms with Gasteiger partial charge in [0.05, 0.1) is 4.92 Å². The minimum atomic E-state index is -1.62. The molecule has 0 heterocycles. The van der Waals surface area contributed by atoms with E-state index in [0.29, 0.717) is 0 Å². The van der Waals surface area contributed by atoms with Gasteiger partial charge in [0, 0.05) is 12.1 Å². The second-order valence-electron chi connectivity index (χ2n) is 2.92. The summed E-state index contributed by atoms with van der Waals surface area (Å²) in [6.45, 7) is -0.410. The van der Waals surface area contributed by atoms with E-state index < -0.39 is 23.6 Å². The van der Waals surface area contributed by atoms with Gasteiger partial charge in [0.25, 0.3) is 5.69 Å². The van der Waals surface area contributed by atoms with Crippen LogP contribution in [-0.4, -0.2) is 33.8 Å². The number of carboxylic acid groups (broad SMARTS) is 1. The highest BCUT2D eigenvalue weighted by atomic mass is 16.6. The number of aliphatic hydroxyl groups excluding tert-OH is 1. The average Bonchev–Trinajstić information content (AvgIpc) is 2.26. The van der Waals surface area contributed by atoms with Crippen LogP contribution >= 0.6 is 0 Å². The van der Waals surface area contributed by atoms with Crippen molar-refractivity contribution in [2.45, 2.75) is 6.10 Å². The summed E-state index contributed by atoms with van der Waals surface area (Å²) in [5, 5.41) is 27.6. The van der Waals surface area contributed by atoms with Gasteiger partial charge >= 0.3 is 5.97 Å². The van der Waals surface area contributed by atoms with E-state index in [2.05, 4.69) is 0 Å². The predicted octanol–water partition coefficient (Wildman–Crippen LogP) is 0.419. The third kappa shape index (κ3) is 3.21. The van der Waals surface area contributed by atoms with Gasteiger partial charge in [-0.25, -0.2) is 4.79 Å². The van der Waals surface area contributed by atoms with Crippen molar-refractivity contribution in [3.8, 4) is 5.75 Å². The Hall–Kier alpha value is -2.15. The van der Waals surface area contributed by atoms with Crippen molar-refractivity contribution >= 4 is 11.7 Å². The molecule has 1 rings (SSSR count). The van der Waals surface area contributed by atoms with Crippen molar-refractivity contribution in [1.82, 2.24) is 0 Å². The number of non-ortho nitro benzene ring substituents is 1. The smallest absolute Gasteiger partial charge is 0.336 e. The van der Waals surface area contributed by atoms with Crippen LogP contribution < -0.4 is 4.74 Å². The van der Waals surface area contributed by atoms with Gasteiger partial charge in [0.1, 0.15) is 12.4 Å². The molecular weight excluding hydrogens is 218 g/mol. The fraction of sp³-hybridized carbons (Fsp3) is 0.222. The highest BCUT2D eigenvalue weighted by Gasteiger charge is 2.13. The highest BCUT2D eigenvalue weighted by molar-refractivity contribution is 5.72. The second-order valence-corrected chi connectivity index (χ2v) is 2.92. The predicted molar refractivity (Wildman–Crippen MR) is 52.2 cm³/mol. The fourth-order valence-corrected chi connectivity index (χ4v) is 0.911. The van der Waals surface area contributed by atoms with E-state index in [1.165, 1.54) is 24.3 Å². The molecule has 0 aliphatic carbocycles. The zero-order chi connectivity index (χ0) is 12.1. The second kappa shape index (κ2) is 5.08. The van der Waals surface area contributed by atoms with Crippen molar-refractivity contribution in [1.29, 1.82) is 0 Å². The first-order valence-electron chi connectivity index (χ1n) is 4.29. The summed E-state index contributed by atoms with van der Waals surface area (Å²) in [6, 6.07) is 5.10. The zero-order valence-corrected chi connectivity index (χ0v) is 8.07. The quantitative estimate of drug-likeness (QED) is 0.557. The van der Waals surface area contributed by atoms with Gasteiger partial charge in [-0.05, 0) is 12.1 Å². The molecule has 7 heteroatoms. The zero-order valence-electron chi connectivity index (χ0n) is 8.07. The minimum absolute atomic E-state index is 0.0915. The molecule has 0 fully saturated rings. The van der Waals surface area contributed by atoms with Crippen LogP contribution in [0.3, 0.4) is 0 Å². The van der Waals surface area contributed by atoms with Crippen LogP contribution in [0.1, 0.15) is 0 Å². The van der Waals surface area contributed by atoms with Crippen LogP contribution in [0.5, 0.6) is 5.75 Å². The fourth-order valence-electron chi connectivity index (χ4n) is 0.911. The molecule has 0 aromatic heterocycles. The molecule has 1 aromatic carbocycles. The highest BCUT2D eigenvalue weighted by Crippen LogP contribution is 2.17. The molecule has 0 spiro atoms. The molecule has 0 aliphatic rings. The van der Waals surface area contributed by atoms with Crippen molar-refractivity contribution in [2.24, 2.45) is 0 Å². The molecule has 16 heavy (non-hydrogen) atoms. The Bertz CT molecular complexity index is 387. The van der Waals surface area contributed by atoms with Crippen LogP contribution in [0, 0.1) is 10.1 Å². The lowest BCUT2D eigenvalue weighted by Gasteiger charge is -2.07. The Kier molecular flexibility index (Phi) is 3.78. The van der Waals surface area contributed by atoms with Crippen LogP contribution in [0.2, 0.25) is 0 Å². The summed E-state index contributed by atoms with van der Waals surface area (Å²) in [4.78, 5) is 20.0. The molecule has 0 saturated carbocycles. The number of carboxylic acids is 1. The minimum Gasteiger partial charge on any atom is -0.490 e. The van der Waals surface area contributed by atoms with Gasteiger partial charge in [-0.2, -0.15) is 0 Å². The van der Waals surface area contributed by atoms with Gasteiger partial charge < -0.3 is 14.9 Å². The number of nitro benzene ring substituents is 1. The average molecular weight is 227 g/mol. The number of rotatable bonds is 5. The molecule has 0 bridgehead atoms. The number of carbonyl (C=O) groups is 1. The molecular formula is C9H9NO6. The summed E-state index contributed by atoms with van der Waals surface area (Å²) >= 11 is 0. The molecule has 2 N–H and O–H groups in total. The maximum atomic E-state index is 10.3. The lowest BCUT2D eigenvalue weighted by Crippen LogP contribution is -2.26. The largest absolute Gasteiger partial charge is 0.490 e. The Balaban J connectivity index is 2.56. The molecule has 7 nitrogen and oxygen atoms in total. The SMILES string of the molecule is O=C(O)C(O)COc1ccc([N+](=O)[O-])cc1. The number of ether oxygens (including phenoxy) is 1. The molecule has 86 valence electrons. The van der Waals surface area contributed by atoms with E-state index in [1.54, 1.807) is 0 Å². The lowest BCUT2D eigenvalue weighted by atomic mass is 10.3. The third-order valence-electron chi connectivity index (χ3n) is 1.74. The normalized spacial score (nSPS) is 11.8. The number of nitro groups is 1. The molecule has 0 radical (unpaired) electrons. The molecule has 1 aromatic rings. The molecule has 1 unspecified atom stereocenters. The first kappa shape index (κ1) is 11.9. The van der Waals surface area contributed by atoms with Gasteiger partial charge in [-0.15, -0.1) is 0 Å². The monoisotopic (exact) mass is 227 g/mol. The van der Waals surface area contributed by atoms with E-state index >= 15 is 0 Å². The number of benzene rings is 1. The van der Waals surface area contributed by atoms with E-state index in [9.17, 15) is 14.9 Å². The van der Waals surface area contributed by atoms with Crippen molar-refractivity contribution in [3.05, 3.63) is 34.4 Å². The standard InChI is InChI=1S/C9H9NO6/c11-8(9(12)13)5-16-7-3-1-6(2-4-7)10(14)15/h1-4,8,11H,5H2,(H,12,13). The first-order valence-corrected chi connectivity index (χ1v) is 4.29. The number of aliphatic carboxylic acids is 1. The summed E-state index contributed by atoms with van der Waals surface area (Å²) in [5.74, 6) is -1.13. The van der Waals surface area contributed by atoms with Gasteiger partial charge in [-0.3, -0.25) is 10.1 Å². The van der Waals surface area contributed by atoms with Crippen molar-refractivity contribution in [2.75, 3.05) is 6.61 Å². The molecule has 0 saturated heterocycles. The van der Waals surface area contributed by atoms with Crippen LogP contribution in [-0.2, 0) is 4.79 Å². The van der Waals surface area contributed by atoms with Gasteiger partial charge in [0.2, 0.25) is 0 Å². The summed E-state index contributed by atoms with van der Waals surface area (Å²) < 4.78 is 4.91. The topological polar surface area (TPSA) is 110 Å². The Morgan fingerprint density at radius 2 is 2.00 bits per heavy atom. The van der Waals surface area contributed by atoms with Gasteiger partial charge in [-0.1, -0.05) is 0 Å². The van der Waals surface area contributed by atoms with Crippen LogP contribution in [0.15, 0.2) is 24.3 Å². The number of hydrogen-bond acceptors (Lipinski definition) is 5. The number of nitrogens with zero attached hydrogens (tertiary/aromatic N) is 1. The summed E-state index contributed by atoms with van der Waals surface area (Å²) in [6.07, 6.45) is -1.62. The Morgan fingerprint density at radius 1 is 1.44 bits per heavy atom. The number of hydrogen-bond donors (Lipinski definition) is 2. The Morgan fingerprint density at radius 3 is 2.44 bits per heavy atom. The molecule has 0 amide bonds. The molecule has 0 aliphatic heterocycles. The van der Waals surface area contributed by atoms with E-state index in [4.69, 9.17) is 14.9 Å². The van der Waals surface area contributed by atoms with E-state index in [1.807, 2.05) is 0 Å². The third-order valence-corrected chi connectivity index (χ3v) is 1.74. The summed E-state index contributed by atoms with van der Waals surface area (Å²) in [7, 11) is 0. The van der Waals surface area contributed by atoms with Crippen molar-refractivity contribution < 1.29 is 24.7 Å². The van der Waals surface area contributed by atoms with Gasteiger partial charge in [0.15, 0.2) is 6.10 Å². The Labute approximate surface area is 90.0 Å². The number of aliphatic hydroxyl groups is 1. The summed E-state index contributed by atoms with van der Waals surface area (Å²) in [5.41, 5.74) is -0.0915. The van der Waals surface area contributed by atoms with Crippen LogP contribution in [0.25, 0.3) is 0 Å². The van der Waals surface area contributed by atoms with Crippen LogP contribution in [0.4, 0.5) is 5.69 Å². The molecule has 1 atom stereocenters. The van der Waals surface area contributed by atoms with E-state index in [0.717, 1.165) is 0 Å². The maximum absolute atomic E-state index is 10.3. The van der Waals surface area contributed by atoms with Crippen molar-refractivity contribution in [3.63, 3.8) is 0 Å². The van der Waals surface area contributed by atoms with E-state index in [-0.39, 0.29) is 11.4 Å².